The molecule has 0 aliphatic carbocycles. The smallest absolute Gasteiger partial charge is 0.438 e. The Morgan fingerprint density at radius 3 is 2.57 bits per heavy atom. The van der Waals surface area contributed by atoms with Crippen molar-refractivity contribution >= 4 is 21.6 Å². The van der Waals surface area contributed by atoms with Gasteiger partial charge in [-0.3, -0.25) is 4.79 Å². The van der Waals surface area contributed by atoms with Crippen molar-refractivity contribution in [1.29, 1.82) is 0 Å². The number of rotatable bonds is 4. The van der Waals surface area contributed by atoms with Crippen LogP contribution in [0.5, 0.6) is 5.75 Å². The van der Waals surface area contributed by atoms with Crippen molar-refractivity contribution in [3.63, 3.8) is 0 Å². The van der Waals surface area contributed by atoms with Gasteiger partial charge in [0.25, 0.3) is 15.9 Å². The van der Waals surface area contributed by atoms with Crippen LogP contribution in [0, 0.1) is 0 Å². The lowest BCUT2D eigenvalue weighted by Gasteiger charge is -2.29. The third kappa shape index (κ3) is 3.99. The number of benzene rings is 1. The van der Waals surface area contributed by atoms with Gasteiger partial charge in [-0.1, -0.05) is 0 Å². The highest BCUT2D eigenvalue weighted by Gasteiger charge is 2.33. The molecule has 0 fully saturated rings. The number of amides is 1. The summed E-state index contributed by atoms with van der Waals surface area (Å²) >= 11 is 0. The highest BCUT2D eigenvalue weighted by atomic mass is 32.2. The summed E-state index contributed by atoms with van der Waals surface area (Å²) in [6.07, 6.45) is -3.80. The van der Waals surface area contributed by atoms with Gasteiger partial charge in [-0.05, 0) is 48.7 Å². The van der Waals surface area contributed by atoms with Gasteiger partial charge in [0.2, 0.25) is 5.09 Å². The summed E-state index contributed by atoms with van der Waals surface area (Å²) in [5.41, 5.74) is 0.952. The van der Waals surface area contributed by atoms with E-state index < -0.39 is 22.3 Å². The van der Waals surface area contributed by atoms with E-state index in [2.05, 4.69) is 4.74 Å². The van der Waals surface area contributed by atoms with E-state index in [0.717, 1.165) is 10.4 Å². The highest BCUT2D eigenvalue weighted by molar-refractivity contribution is 7.88. The Kier molecular flexibility index (Phi) is 5.15. The molecule has 0 bridgehead atoms. The van der Waals surface area contributed by atoms with Crippen LogP contribution in [0.25, 0.3) is 0 Å². The van der Waals surface area contributed by atoms with E-state index in [4.69, 9.17) is 4.42 Å². The van der Waals surface area contributed by atoms with Crippen molar-refractivity contribution in [2.75, 3.05) is 25.5 Å². The molecule has 2 aromatic rings. The molecular formula is C17H17F3N2O5S. The first-order valence-corrected chi connectivity index (χ1v) is 9.66. The predicted octanol–water partition coefficient (Wildman–Crippen LogP) is 3.02. The van der Waals surface area contributed by atoms with E-state index in [1.807, 2.05) is 0 Å². The third-order valence-corrected chi connectivity index (χ3v) is 5.86. The van der Waals surface area contributed by atoms with E-state index in [9.17, 15) is 26.4 Å². The normalized spacial score (nSPS) is 14.9. The number of halogens is 3. The summed E-state index contributed by atoms with van der Waals surface area (Å²) in [6.45, 7) is 0.321. The first-order valence-electron chi connectivity index (χ1n) is 8.22. The van der Waals surface area contributed by atoms with E-state index in [0.29, 0.717) is 30.6 Å². The Morgan fingerprint density at radius 1 is 1.21 bits per heavy atom. The van der Waals surface area contributed by atoms with Crippen molar-refractivity contribution in [2.45, 2.75) is 24.3 Å². The zero-order valence-electron chi connectivity index (χ0n) is 15.0. The molecule has 0 atom stereocenters. The van der Waals surface area contributed by atoms with E-state index in [-0.39, 0.29) is 16.6 Å². The summed E-state index contributed by atoms with van der Waals surface area (Å²) in [4.78, 5) is 14.1. The Bertz CT molecular complexity index is 998. The molecule has 0 saturated heterocycles. The molecule has 0 unspecified atom stereocenters. The summed E-state index contributed by atoms with van der Waals surface area (Å²) in [5, 5.41) is -0.369. The van der Waals surface area contributed by atoms with E-state index >= 15 is 0 Å². The lowest BCUT2D eigenvalue weighted by atomic mass is 10.0. The van der Waals surface area contributed by atoms with Crippen molar-refractivity contribution in [2.24, 2.45) is 0 Å². The number of hydrogen-bond donors (Lipinski definition) is 0. The molecule has 1 amide bonds. The van der Waals surface area contributed by atoms with Gasteiger partial charge in [-0.25, -0.2) is 12.7 Å². The zero-order chi connectivity index (χ0) is 20.7. The summed E-state index contributed by atoms with van der Waals surface area (Å²) in [7, 11) is -1.16. The van der Waals surface area contributed by atoms with Crippen LogP contribution in [-0.4, -0.2) is 45.6 Å². The van der Waals surface area contributed by atoms with Crippen LogP contribution in [0.15, 0.2) is 39.8 Å². The average Bonchev–Trinajstić information content (AvgIpc) is 3.09. The zero-order valence-corrected chi connectivity index (χ0v) is 15.8. The summed E-state index contributed by atoms with van der Waals surface area (Å²) < 4.78 is 71.5. The predicted molar refractivity (Wildman–Crippen MR) is 92.7 cm³/mol. The average molecular weight is 418 g/mol. The van der Waals surface area contributed by atoms with Crippen LogP contribution in [0.3, 0.4) is 0 Å². The number of furan rings is 1. The van der Waals surface area contributed by atoms with E-state index in [1.165, 1.54) is 43.3 Å². The van der Waals surface area contributed by atoms with E-state index in [1.54, 1.807) is 0 Å². The molecule has 3 rings (SSSR count). The second kappa shape index (κ2) is 7.13. The van der Waals surface area contributed by atoms with Crippen LogP contribution in [0.4, 0.5) is 18.9 Å². The molecule has 0 radical (unpaired) electrons. The second-order valence-corrected chi connectivity index (χ2v) is 8.39. The van der Waals surface area contributed by atoms with Gasteiger partial charge in [0.05, 0.1) is 0 Å². The minimum absolute atomic E-state index is 0.177. The fourth-order valence-electron chi connectivity index (χ4n) is 2.87. The number of hydrogen-bond acceptors (Lipinski definition) is 5. The number of anilines is 1. The molecule has 28 heavy (non-hydrogen) atoms. The standard InChI is InChI=1S/C17H17F3N2O5S/c1-21(2)28(24,25)15-8-7-14(26-15)16(23)22-9-3-4-11-10-12(5-6-13(11)22)27-17(18,19)20/h5-8,10H,3-4,9H2,1-2H3. The van der Waals surface area contributed by atoms with Crippen LogP contribution >= 0.6 is 0 Å². The van der Waals surface area contributed by atoms with Crippen molar-refractivity contribution in [1.82, 2.24) is 4.31 Å². The molecule has 0 spiro atoms. The van der Waals surface area contributed by atoms with Crippen LogP contribution in [0.2, 0.25) is 0 Å². The number of carbonyl (C=O) groups excluding carboxylic acids is 1. The topological polar surface area (TPSA) is 80.1 Å². The number of sulfonamides is 1. The summed E-state index contributed by atoms with van der Waals surface area (Å²) in [5.74, 6) is -1.12. The first kappa shape index (κ1) is 20.2. The molecule has 1 aliphatic heterocycles. The molecular weight excluding hydrogens is 401 g/mol. The van der Waals surface area contributed by atoms with Gasteiger partial charge in [0.15, 0.2) is 5.76 Å². The first-order chi connectivity index (χ1) is 13.0. The number of carbonyl (C=O) groups is 1. The fourth-order valence-corrected chi connectivity index (χ4v) is 3.66. The maximum Gasteiger partial charge on any atom is 0.573 e. The summed E-state index contributed by atoms with van der Waals surface area (Å²) in [6, 6.07) is 6.18. The largest absolute Gasteiger partial charge is 0.573 e. The van der Waals surface area contributed by atoms with Crippen molar-refractivity contribution in [3.05, 3.63) is 41.7 Å². The Hall–Kier alpha value is -2.53. The quantitative estimate of drug-likeness (QED) is 0.763. The second-order valence-electron chi connectivity index (χ2n) is 6.30. The van der Waals surface area contributed by atoms with Crippen LogP contribution in [-0.2, 0) is 16.4 Å². The minimum atomic E-state index is -4.80. The lowest BCUT2D eigenvalue weighted by Crippen LogP contribution is -2.35. The minimum Gasteiger partial charge on any atom is -0.438 e. The molecule has 1 aromatic carbocycles. The Morgan fingerprint density at radius 2 is 1.93 bits per heavy atom. The molecule has 11 heteroatoms. The molecule has 7 nitrogen and oxygen atoms in total. The maximum atomic E-state index is 12.8. The van der Waals surface area contributed by atoms with Gasteiger partial charge in [0, 0.05) is 26.3 Å². The maximum absolute atomic E-state index is 12.8. The number of fused-ring (bicyclic) bond motifs is 1. The van der Waals surface area contributed by atoms with Gasteiger partial charge in [0.1, 0.15) is 5.75 Å². The van der Waals surface area contributed by atoms with Crippen molar-refractivity contribution in [3.8, 4) is 5.75 Å². The molecule has 1 aromatic heterocycles. The molecule has 0 saturated carbocycles. The van der Waals surface area contributed by atoms with Crippen LogP contribution < -0.4 is 9.64 Å². The van der Waals surface area contributed by atoms with Gasteiger partial charge in [-0.15, -0.1) is 13.2 Å². The number of nitrogens with zero attached hydrogens (tertiary/aromatic N) is 2. The Labute approximate surface area is 159 Å². The van der Waals surface area contributed by atoms with Crippen molar-refractivity contribution < 1.29 is 35.5 Å². The molecule has 2 heterocycles. The molecule has 0 N–H and O–H groups in total. The third-order valence-electron chi connectivity index (χ3n) is 4.18. The van der Waals surface area contributed by atoms with Gasteiger partial charge >= 0.3 is 6.36 Å². The monoisotopic (exact) mass is 418 g/mol. The van der Waals surface area contributed by atoms with Crippen LogP contribution in [0.1, 0.15) is 22.5 Å². The molecule has 152 valence electrons. The number of alkyl halides is 3. The van der Waals surface area contributed by atoms with Gasteiger partial charge in [-0.2, -0.15) is 0 Å². The number of ether oxygens (including phenoxy) is 1. The fraction of sp³-hybridized carbons (Fsp3) is 0.353. The number of aryl methyl sites for hydroxylation is 1. The van der Waals surface area contributed by atoms with Gasteiger partial charge < -0.3 is 14.1 Å². The highest BCUT2D eigenvalue weighted by Crippen LogP contribution is 2.33. The molecule has 1 aliphatic rings. The Balaban J connectivity index is 1.88. The lowest BCUT2D eigenvalue weighted by molar-refractivity contribution is -0.274. The SMILES string of the molecule is CN(C)S(=O)(=O)c1ccc(C(=O)N2CCCc3cc(OC(F)(F)F)ccc32)o1.